The van der Waals surface area contributed by atoms with Gasteiger partial charge in [-0.25, -0.2) is 0 Å². The number of hydrogen-bond donors (Lipinski definition) is 1. The Morgan fingerprint density at radius 2 is 2.00 bits per heavy atom. The van der Waals surface area contributed by atoms with Crippen molar-refractivity contribution in [1.29, 1.82) is 0 Å². The average Bonchev–Trinajstić information content (AvgIpc) is 3.12. The standard InChI is InChI=1S/C14H21NO/c1-2-15-11-13-5-7-14(8-6-13)16-10-9-12-3-4-12/h5-8,12,15H,2-4,9-11H2,1H3. The smallest absolute Gasteiger partial charge is 0.119 e. The van der Waals surface area contributed by atoms with Gasteiger partial charge in [0, 0.05) is 6.54 Å². The highest BCUT2D eigenvalue weighted by Crippen LogP contribution is 2.32. The first-order chi connectivity index (χ1) is 7.88. The van der Waals surface area contributed by atoms with E-state index in [0.29, 0.717) is 0 Å². The molecule has 1 saturated carbocycles. The van der Waals surface area contributed by atoms with Crippen LogP contribution in [-0.2, 0) is 6.54 Å². The van der Waals surface area contributed by atoms with Gasteiger partial charge in [-0.2, -0.15) is 0 Å². The van der Waals surface area contributed by atoms with Gasteiger partial charge < -0.3 is 10.1 Å². The predicted octanol–water partition coefficient (Wildman–Crippen LogP) is 2.98. The molecule has 0 spiro atoms. The summed E-state index contributed by atoms with van der Waals surface area (Å²) in [5.41, 5.74) is 1.32. The van der Waals surface area contributed by atoms with E-state index in [2.05, 4.69) is 36.5 Å². The van der Waals surface area contributed by atoms with Gasteiger partial charge in [-0.1, -0.05) is 31.9 Å². The molecule has 0 heterocycles. The lowest BCUT2D eigenvalue weighted by Crippen LogP contribution is -2.11. The number of benzene rings is 1. The van der Waals surface area contributed by atoms with Gasteiger partial charge in [0.05, 0.1) is 6.61 Å². The maximum atomic E-state index is 5.70. The van der Waals surface area contributed by atoms with E-state index >= 15 is 0 Å². The zero-order valence-corrected chi connectivity index (χ0v) is 10.0. The summed E-state index contributed by atoms with van der Waals surface area (Å²) in [6.07, 6.45) is 4.04. The van der Waals surface area contributed by atoms with E-state index in [-0.39, 0.29) is 0 Å². The minimum atomic E-state index is 0.872. The molecule has 88 valence electrons. The molecule has 1 aliphatic carbocycles. The van der Waals surface area contributed by atoms with Crippen molar-refractivity contribution in [3.63, 3.8) is 0 Å². The topological polar surface area (TPSA) is 21.3 Å². The summed E-state index contributed by atoms with van der Waals surface area (Å²) in [7, 11) is 0. The normalized spacial score (nSPS) is 15.1. The van der Waals surface area contributed by atoms with Crippen molar-refractivity contribution >= 4 is 0 Å². The Morgan fingerprint density at radius 1 is 1.25 bits per heavy atom. The van der Waals surface area contributed by atoms with Gasteiger partial charge in [0.25, 0.3) is 0 Å². The van der Waals surface area contributed by atoms with Crippen molar-refractivity contribution in [1.82, 2.24) is 5.32 Å². The van der Waals surface area contributed by atoms with Crippen LogP contribution in [0.4, 0.5) is 0 Å². The van der Waals surface area contributed by atoms with Crippen LogP contribution < -0.4 is 10.1 Å². The number of rotatable bonds is 7. The molecular formula is C14H21NO. The molecule has 0 aromatic heterocycles. The van der Waals surface area contributed by atoms with Gasteiger partial charge in [0.15, 0.2) is 0 Å². The van der Waals surface area contributed by atoms with Crippen molar-refractivity contribution in [3.8, 4) is 5.75 Å². The maximum Gasteiger partial charge on any atom is 0.119 e. The van der Waals surface area contributed by atoms with E-state index < -0.39 is 0 Å². The lowest BCUT2D eigenvalue weighted by molar-refractivity contribution is 0.302. The highest BCUT2D eigenvalue weighted by molar-refractivity contribution is 5.27. The molecule has 0 unspecified atom stereocenters. The molecule has 1 aromatic carbocycles. The number of hydrogen-bond acceptors (Lipinski definition) is 2. The average molecular weight is 219 g/mol. The van der Waals surface area contributed by atoms with Crippen molar-refractivity contribution < 1.29 is 4.74 Å². The Bertz CT molecular complexity index is 303. The van der Waals surface area contributed by atoms with E-state index in [0.717, 1.165) is 31.4 Å². The van der Waals surface area contributed by atoms with E-state index in [9.17, 15) is 0 Å². The third kappa shape index (κ3) is 3.86. The fourth-order valence-electron chi connectivity index (χ4n) is 1.72. The van der Waals surface area contributed by atoms with Crippen LogP contribution in [0.5, 0.6) is 5.75 Å². The number of ether oxygens (including phenoxy) is 1. The Labute approximate surface area is 98.0 Å². The summed E-state index contributed by atoms with van der Waals surface area (Å²) in [5.74, 6) is 1.95. The summed E-state index contributed by atoms with van der Waals surface area (Å²) < 4.78 is 5.70. The van der Waals surface area contributed by atoms with Crippen LogP contribution in [0.3, 0.4) is 0 Å². The summed E-state index contributed by atoms with van der Waals surface area (Å²) in [5, 5.41) is 3.31. The second kappa shape index (κ2) is 5.90. The first-order valence-electron chi connectivity index (χ1n) is 6.31. The van der Waals surface area contributed by atoms with Gasteiger partial charge in [0.1, 0.15) is 5.75 Å². The van der Waals surface area contributed by atoms with E-state index in [1.165, 1.54) is 24.8 Å². The molecule has 1 aliphatic rings. The molecule has 16 heavy (non-hydrogen) atoms. The van der Waals surface area contributed by atoms with Crippen molar-refractivity contribution in [2.75, 3.05) is 13.2 Å². The molecule has 2 heteroatoms. The van der Waals surface area contributed by atoms with E-state index in [1.54, 1.807) is 0 Å². The van der Waals surface area contributed by atoms with Crippen molar-refractivity contribution in [3.05, 3.63) is 29.8 Å². The van der Waals surface area contributed by atoms with Gasteiger partial charge >= 0.3 is 0 Å². The van der Waals surface area contributed by atoms with Crippen LogP contribution in [0, 0.1) is 5.92 Å². The number of nitrogens with one attached hydrogen (secondary N) is 1. The van der Waals surface area contributed by atoms with Gasteiger partial charge in [-0.3, -0.25) is 0 Å². The molecule has 1 fully saturated rings. The van der Waals surface area contributed by atoms with Crippen LogP contribution >= 0.6 is 0 Å². The van der Waals surface area contributed by atoms with Crippen LogP contribution in [0.2, 0.25) is 0 Å². The minimum Gasteiger partial charge on any atom is -0.494 e. The minimum absolute atomic E-state index is 0.872. The lowest BCUT2D eigenvalue weighted by atomic mass is 10.2. The molecule has 0 radical (unpaired) electrons. The lowest BCUT2D eigenvalue weighted by Gasteiger charge is -2.07. The van der Waals surface area contributed by atoms with Gasteiger partial charge in [-0.05, 0) is 36.6 Å². The second-order valence-corrected chi connectivity index (χ2v) is 4.50. The molecule has 0 amide bonds. The van der Waals surface area contributed by atoms with Gasteiger partial charge in [0.2, 0.25) is 0 Å². The molecule has 2 rings (SSSR count). The Balaban J connectivity index is 1.72. The molecule has 0 saturated heterocycles. The molecule has 2 nitrogen and oxygen atoms in total. The Hall–Kier alpha value is -1.02. The predicted molar refractivity (Wildman–Crippen MR) is 66.7 cm³/mol. The SMILES string of the molecule is CCNCc1ccc(OCCC2CC2)cc1. The van der Waals surface area contributed by atoms with Crippen LogP contribution in [0.1, 0.15) is 31.7 Å². The van der Waals surface area contributed by atoms with Crippen molar-refractivity contribution in [2.24, 2.45) is 5.92 Å². The Morgan fingerprint density at radius 3 is 2.62 bits per heavy atom. The third-order valence-electron chi connectivity index (χ3n) is 2.99. The van der Waals surface area contributed by atoms with Crippen LogP contribution in [0.25, 0.3) is 0 Å². The molecule has 0 aliphatic heterocycles. The summed E-state index contributed by atoms with van der Waals surface area (Å²) in [6.45, 7) is 4.95. The van der Waals surface area contributed by atoms with Crippen LogP contribution in [0.15, 0.2) is 24.3 Å². The third-order valence-corrected chi connectivity index (χ3v) is 2.99. The first-order valence-corrected chi connectivity index (χ1v) is 6.31. The van der Waals surface area contributed by atoms with Crippen LogP contribution in [-0.4, -0.2) is 13.2 Å². The molecule has 1 N–H and O–H groups in total. The van der Waals surface area contributed by atoms with Crippen molar-refractivity contribution in [2.45, 2.75) is 32.7 Å². The Kier molecular flexibility index (Phi) is 4.23. The highest BCUT2D eigenvalue weighted by atomic mass is 16.5. The largest absolute Gasteiger partial charge is 0.494 e. The second-order valence-electron chi connectivity index (χ2n) is 4.50. The van der Waals surface area contributed by atoms with E-state index in [1.807, 2.05) is 0 Å². The fraction of sp³-hybridized carbons (Fsp3) is 0.571. The fourth-order valence-corrected chi connectivity index (χ4v) is 1.72. The summed E-state index contributed by atoms with van der Waals surface area (Å²) in [4.78, 5) is 0. The molecule has 0 bridgehead atoms. The zero-order chi connectivity index (χ0) is 11.2. The molecule has 1 aromatic rings. The first kappa shape index (κ1) is 11.5. The molecular weight excluding hydrogens is 198 g/mol. The summed E-state index contributed by atoms with van der Waals surface area (Å²) >= 11 is 0. The molecule has 0 atom stereocenters. The maximum absolute atomic E-state index is 5.70. The quantitative estimate of drug-likeness (QED) is 0.761. The zero-order valence-electron chi connectivity index (χ0n) is 10.0. The van der Waals surface area contributed by atoms with E-state index in [4.69, 9.17) is 4.74 Å². The monoisotopic (exact) mass is 219 g/mol. The highest BCUT2D eigenvalue weighted by Gasteiger charge is 2.20. The summed E-state index contributed by atoms with van der Waals surface area (Å²) in [6, 6.07) is 8.41. The van der Waals surface area contributed by atoms with Gasteiger partial charge in [-0.15, -0.1) is 0 Å².